The van der Waals surface area contributed by atoms with Crippen molar-refractivity contribution in [3.63, 3.8) is 0 Å². The van der Waals surface area contributed by atoms with Crippen LogP contribution in [0, 0.1) is 46.3 Å². The van der Waals surface area contributed by atoms with Crippen molar-refractivity contribution in [2.24, 2.45) is 46.3 Å². The molecule has 164 valence electrons. The van der Waals surface area contributed by atoms with Crippen molar-refractivity contribution in [2.75, 3.05) is 0 Å². The number of allylic oxidation sites excluding steroid dienone is 1. The number of rotatable bonds is 5. The van der Waals surface area contributed by atoms with E-state index < -0.39 is 0 Å². The number of Topliss-reactive ketones (excluding diaryl/α,β-unsaturated/α-hetero) is 1. The van der Waals surface area contributed by atoms with Gasteiger partial charge in [0, 0.05) is 12.3 Å². The molecule has 1 unspecified atom stereocenters. The number of carbonyl (C=O) groups excluding carboxylic acids is 1. The molecule has 0 aromatic heterocycles. The fourth-order valence-corrected chi connectivity index (χ4v) is 8.39. The van der Waals surface area contributed by atoms with Crippen LogP contribution in [0.2, 0.25) is 0 Å². The molecule has 4 aliphatic carbocycles. The third-order valence-corrected chi connectivity index (χ3v) is 10.2. The molecule has 4 aliphatic rings. The minimum atomic E-state index is -0.117. The van der Waals surface area contributed by atoms with Crippen molar-refractivity contribution < 1.29 is 9.90 Å². The lowest BCUT2D eigenvalue weighted by Gasteiger charge is -2.58. The first kappa shape index (κ1) is 21.6. The Balaban J connectivity index is 1.52. The maximum atomic E-state index is 13.0. The van der Waals surface area contributed by atoms with Crippen molar-refractivity contribution >= 4 is 5.78 Å². The summed E-state index contributed by atoms with van der Waals surface area (Å²) in [4.78, 5) is 13.0. The van der Waals surface area contributed by atoms with E-state index in [1.165, 1.54) is 32.1 Å². The molecule has 8 atom stereocenters. The van der Waals surface area contributed by atoms with Gasteiger partial charge < -0.3 is 5.11 Å². The molecule has 0 aromatic rings. The normalized spacial score (nSPS) is 45.2. The number of fused-ring (bicyclic) bond motifs is 5. The molecule has 4 rings (SSSR count). The Morgan fingerprint density at radius 1 is 1.10 bits per heavy atom. The van der Waals surface area contributed by atoms with E-state index in [9.17, 15) is 9.90 Å². The Kier molecular flexibility index (Phi) is 5.82. The van der Waals surface area contributed by atoms with Crippen LogP contribution in [-0.4, -0.2) is 17.0 Å². The average Bonchev–Trinajstić information content (AvgIpc) is 3.03. The van der Waals surface area contributed by atoms with Crippen LogP contribution in [0.1, 0.15) is 98.8 Å². The van der Waals surface area contributed by atoms with Gasteiger partial charge in [0.25, 0.3) is 0 Å². The highest BCUT2D eigenvalue weighted by molar-refractivity contribution is 5.81. The highest BCUT2D eigenvalue weighted by atomic mass is 16.3. The monoisotopic (exact) mass is 400 g/mol. The molecule has 1 N–H and O–H groups in total. The highest BCUT2D eigenvalue weighted by Crippen LogP contribution is 2.67. The zero-order valence-corrected chi connectivity index (χ0v) is 19.5. The first-order valence-electron chi connectivity index (χ1n) is 12.6. The molecular weight excluding hydrogens is 356 g/mol. The molecule has 0 spiro atoms. The molecule has 0 bridgehead atoms. The number of aliphatic hydroxyl groups is 1. The maximum Gasteiger partial charge on any atom is 0.136 e. The van der Waals surface area contributed by atoms with E-state index in [1.54, 1.807) is 5.57 Å². The van der Waals surface area contributed by atoms with Crippen LogP contribution in [0.4, 0.5) is 0 Å². The third kappa shape index (κ3) is 3.56. The molecular formula is C27H44O2. The fraction of sp³-hybridized carbons (Fsp3) is 0.889. The quantitative estimate of drug-likeness (QED) is 0.530. The second-order valence-corrected chi connectivity index (χ2v) is 12.1. The lowest BCUT2D eigenvalue weighted by atomic mass is 9.47. The van der Waals surface area contributed by atoms with Gasteiger partial charge in [-0.2, -0.15) is 0 Å². The van der Waals surface area contributed by atoms with Crippen LogP contribution in [0.3, 0.4) is 0 Å². The Morgan fingerprint density at radius 3 is 2.59 bits per heavy atom. The molecule has 2 heteroatoms. The van der Waals surface area contributed by atoms with Gasteiger partial charge in [-0.3, -0.25) is 4.79 Å². The minimum Gasteiger partial charge on any atom is -0.393 e. The van der Waals surface area contributed by atoms with E-state index in [4.69, 9.17) is 0 Å². The highest BCUT2D eigenvalue weighted by Gasteiger charge is 2.59. The van der Waals surface area contributed by atoms with Crippen LogP contribution in [0.25, 0.3) is 0 Å². The first-order chi connectivity index (χ1) is 13.7. The van der Waals surface area contributed by atoms with Gasteiger partial charge in [0.05, 0.1) is 6.10 Å². The molecule has 0 saturated heterocycles. The van der Waals surface area contributed by atoms with E-state index in [-0.39, 0.29) is 12.0 Å². The largest absolute Gasteiger partial charge is 0.393 e. The van der Waals surface area contributed by atoms with Crippen LogP contribution in [0.15, 0.2) is 11.6 Å². The second kappa shape index (κ2) is 7.81. The van der Waals surface area contributed by atoms with Gasteiger partial charge in [-0.25, -0.2) is 0 Å². The standard InChI is InChI=1S/C27H44O2/c1-17(2)6-11-25(29)18(3)22-9-10-23-21-8-7-19-16-20(28)12-14-26(19,4)24(21)13-15-27(22,23)5/h7,17-18,20-24,28H,6,8-16H2,1-5H3/t18?,20-,21+,22-,23+,24+,26+,27-/m1/s1. The molecule has 0 heterocycles. The minimum absolute atomic E-state index is 0.117. The van der Waals surface area contributed by atoms with E-state index in [0.717, 1.165) is 49.9 Å². The fourth-order valence-electron chi connectivity index (χ4n) is 8.39. The molecule has 29 heavy (non-hydrogen) atoms. The van der Waals surface area contributed by atoms with Gasteiger partial charge in [-0.15, -0.1) is 0 Å². The number of hydrogen-bond acceptors (Lipinski definition) is 2. The summed E-state index contributed by atoms with van der Waals surface area (Å²) in [6.45, 7) is 11.7. The summed E-state index contributed by atoms with van der Waals surface area (Å²) in [6.07, 6.45) is 13.7. The third-order valence-electron chi connectivity index (χ3n) is 10.2. The lowest BCUT2D eigenvalue weighted by molar-refractivity contribution is -0.127. The van der Waals surface area contributed by atoms with Crippen molar-refractivity contribution in [1.29, 1.82) is 0 Å². The molecule has 3 fully saturated rings. The van der Waals surface area contributed by atoms with Gasteiger partial charge in [-0.1, -0.05) is 46.3 Å². The zero-order valence-electron chi connectivity index (χ0n) is 19.5. The Morgan fingerprint density at radius 2 is 1.86 bits per heavy atom. The topological polar surface area (TPSA) is 37.3 Å². The van der Waals surface area contributed by atoms with E-state index >= 15 is 0 Å². The number of aliphatic hydroxyl groups excluding tert-OH is 1. The Hall–Kier alpha value is -0.630. The van der Waals surface area contributed by atoms with Crippen LogP contribution < -0.4 is 0 Å². The van der Waals surface area contributed by atoms with Gasteiger partial charge in [0.2, 0.25) is 0 Å². The van der Waals surface area contributed by atoms with E-state index in [2.05, 4.69) is 40.7 Å². The lowest BCUT2D eigenvalue weighted by Crippen LogP contribution is -2.51. The van der Waals surface area contributed by atoms with Gasteiger partial charge in [0.15, 0.2) is 0 Å². The SMILES string of the molecule is CC(C)CCC(=O)C(C)[C@H]1CC[C@H]2[C@@H]3CC=C4C[C@H](O)CC[C@]4(C)[C@H]3CC[C@]12C. The van der Waals surface area contributed by atoms with Crippen molar-refractivity contribution in [3.05, 3.63) is 11.6 Å². The van der Waals surface area contributed by atoms with Crippen LogP contribution >= 0.6 is 0 Å². The summed E-state index contributed by atoms with van der Waals surface area (Å²) in [5.41, 5.74) is 2.23. The molecule has 0 radical (unpaired) electrons. The predicted octanol–water partition coefficient (Wildman–Crippen LogP) is 6.57. The number of carbonyl (C=O) groups is 1. The average molecular weight is 401 g/mol. The summed E-state index contributed by atoms with van der Waals surface area (Å²) in [6, 6.07) is 0. The predicted molar refractivity (Wildman–Crippen MR) is 119 cm³/mol. The summed E-state index contributed by atoms with van der Waals surface area (Å²) in [5, 5.41) is 10.2. The second-order valence-electron chi connectivity index (χ2n) is 12.1. The Bertz CT molecular complexity index is 663. The maximum absolute atomic E-state index is 13.0. The molecule has 0 aromatic carbocycles. The van der Waals surface area contributed by atoms with Crippen LogP contribution in [0.5, 0.6) is 0 Å². The summed E-state index contributed by atoms with van der Waals surface area (Å²) >= 11 is 0. The number of hydrogen-bond donors (Lipinski definition) is 1. The summed E-state index contributed by atoms with van der Waals surface area (Å²) in [7, 11) is 0. The molecule has 3 saturated carbocycles. The molecule has 0 aliphatic heterocycles. The van der Waals surface area contributed by atoms with Crippen LogP contribution in [-0.2, 0) is 4.79 Å². The van der Waals surface area contributed by atoms with Gasteiger partial charge in [-0.05, 0) is 98.2 Å². The molecule has 2 nitrogen and oxygen atoms in total. The van der Waals surface area contributed by atoms with Crippen molar-refractivity contribution in [3.8, 4) is 0 Å². The summed E-state index contributed by atoms with van der Waals surface area (Å²) < 4.78 is 0. The zero-order chi connectivity index (χ0) is 21.0. The summed E-state index contributed by atoms with van der Waals surface area (Å²) in [5.74, 6) is 4.32. The first-order valence-corrected chi connectivity index (χ1v) is 12.6. The Labute approximate surface area is 178 Å². The van der Waals surface area contributed by atoms with Gasteiger partial charge >= 0.3 is 0 Å². The van der Waals surface area contributed by atoms with Crippen molar-refractivity contribution in [2.45, 2.75) is 105 Å². The smallest absolute Gasteiger partial charge is 0.136 e. The van der Waals surface area contributed by atoms with E-state index in [1.807, 2.05) is 0 Å². The molecule has 0 amide bonds. The van der Waals surface area contributed by atoms with Crippen molar-refractivity contribution in [1.82, 2.24) is 0 Å². The number of ketones is 1. The van der Waals surface area contributed by atoms with E-state index in [0.29, 0.717) is 28.4 Å². The van der Waals surface area contributed by atoms with Gasteiger partial charge in [0.1, 0.15) is 5.78 Å².